The highest BCUT2D eigenvalue weighted by Gasteiger charge is 2.21. The molecule has 1 heterocycles. The summed E-state index contributed by atoms with van der Waals surface area (Å²) < 4.78 is 32.0. The Labute approximate surface area is 154 Å². The summed E-state index contributed by atoms with van der Waals surface area (Å²) in [5.41, 5.74) is 3.05. The SMILES string of the molecule is Cc1ccc(-c2cc(C)n(S(=O)(=O)Oc3ccc(I)cc3)n2)cc1. The minimum absolute atomic E-state index is 0.252. The molecule has 5 nitrogen and oxygen atoms in total. The molecule has 124 valence electrons. The van der Waals surface area contributed by atoms with Gasteiger partial charge in [0.2, 0.25) is 0 Å². The molecular weight excluding hydrogens is 439 g/mol. The third kappa shape index (κ3) is 3.62. The largest absolute Gasteiger partial charge is 0.429 e. The number of halogens is 1. The second kappa shape index (κ2) is 6.56. The molecule has 0 N–H and O–H groups in total. The molecule has 3 aromatic rings. The van der Waals surface area contributed by atoms with Gasteiger partial charge in [0.05, 0.1) is 11.4 Å². The first-order valence-corrected chi connectivity index (χ1v) is 9.64. The maximum Gasteiger partial charge on any atom is 0.429 e. The number of nitrogens with zero attached hydrogens (tertiary/aromatic N) is 2. The van der Waals surface area contributed by atoms with E-state index in [1.807, 2.05) is 31.2 Å². The summed E-state index contributed by atoms with van der Waals surface area (Å²) in [5.74, 6) is 0.252. The first-order chi connectivity index (χ1) is 11.3. The monoisotopic (exact) mass is 454 g/mol. The average molecular weight is 454 g/mol. The molecule has 0 aliphatic carbocycles. The van der Waals surface area contributed by atoms with Crippen molar-refractivity contribution in [1.29, 1.82) is 0 Å². The van der Waals surface area contributed by atoms with Crippen LogP contribution in [0.2, 0.25) is 0 Å². The quantitative estimate of drug-likeness (QED) is 0.561. The van der Waals surface area contributed by atoms with Gasteiger partial charge >= 0.3 is 10.3 Å². The third-order valence-electron chi connectivity index (χ3n) is 3.42. The number of aromatic nitrogens is 2. The Morgan fingerprint density at radius 2 is 1.62 bits per heavy atom. The molecule has 7 heteroatoms. The summed E-state index contributed by atoms with van der Waals surface area (Å²) in [7, 11) is -4.05. The predicted octanol–water partition coefficient (Wildman–Crippen LogP) is 3.94. The van der Waals surface area contributed by atoms with Crippen LogP contribution in [0.3, 0.4) is 0 Å². The lowest BCUT2D eigenvalue weighted by Gasteiger charge is -2.08. The van der Waals surface area contributed by atoms with Crippen LogP contribution in [0, 0.1) is 17.4 Å². The molecule has 0 aliphatic heterocycles. The van der Waals surface area contributed by atoms with Crippen LogP contribution in [0.4, 0.5) is 0 Å². The van der Waals surface area contributed by atoms with Gasteiger partial charge in [0, 0.05) is 9.13 Å². The van der Waals surface area contributed by atoms with Gasteiger partial charge < -0.3 is 4.18 Å². The molecule has 3 rings (SSSR count). The van der Waals surface area contributed by atoms with E-state index in [1.165, 1.54) is 0 Å². The Morgan fingerprint density at radius 1 is 1.00 bits per heavy atom. The summed E-state index contributed by atoms with van der Waals surface area (Å²) in [6, 6.07) is 16.2. The van der Waals surface area contributed by atoms with Crippen LogP contribution < -0.4 is 4.18 Å². The van der Waals surface area contributed by atoms with Gasteiger partial charge in [0.15, 0.2) is 0 Å². The minimum atomic E-state index is -4.05. The summed E-state index contributed by atoms with van der Waals surface area (Å²) in [5, 5.41) is 4.20. The van der Waals surface area contributed by atoms with E-state index < -0.39 is 10.3 Å². The maximum atomic E-state index is 12.5. The molecule has 0 saturated carbocycles. The standard InChI is InChI=1S/C17H15IN2O3S/c1-12-3-5-14(6-4-12)17-11-13(2)20(19-17)24(21,22)23-16-9-7-15(18)8-10-16/h3-11H,1-2H3. The molecule has 2 aromatic carbocycles. The Bertz CT molecular complexity index is 962. The van der Waals surface area contributed by atoms with Gasteiger partial charge in [0.25, 0.3) is 0 Å². The van der Waals surface area contributed by atoms with Crippen molar-refractivity contribution in [3.8, 4) is 17.0 Å². The molecule has 0 unspecified atom stereocenters. The Hall–Kier alpha value is -1.87. The molecule has 0 atom stereocenters. The normalized spacial score (nSPS) is 11.5. The smallest absolute Gasteiger partial charge is 0.366 e. The molecule has 0 amide bonds. The van der Waals surface area contributed by atoms with E-state index in [-0.39, 0.29) is 5.75 Å². The highest BCUT2D eigenvalue weighted by atomic mass is 127. The van der Waals surface area contributed by atoms with Crippen LogP contribution in [0.1, 0.15) is 11.3 Å². The van der Waals surface area contributed by atoms with E-state index in [2.05, 4.69) is 27.7 Å². The Morgan fingerprint density at radius 3 is 2.25 bits per heavy atom. The lowest BCUT2D eigenvalue weighted by molar-refractivity contribution is 0.468. The third-order valence-corrected chi connectivity index (χ3v) is 5.34. The summed E-state index contributed by atoms with van der Waals surface area (Å²) in [6.07, 6.45) is 0. The fraction of sp³-hybridized carbons (Fsp3) is 0.118. The molecule has 0 radical (unpaired) electrons. The molecule has 0 fully saturated rings. The van der Waals surface area contributed by atoms with Crippen molar-refractivity contribution in [2.24, 2.45) is 0 Å². The van der Waals surface area contributed by atoms with E-state index in [4.69, 9.17) is 4.18 Å². The van der Waals surface area contributed by atoms with Gasteiger partial charge in [-0.1, -0.05) is 29.8 Å². The van der Waals surface area contributed by atoms with Crippen LogP contribution in [-0.2, 0) is 10.3 Å². The van der Waals surface area contributed by atoms with E-state index in [9.17, 15) is 8.42 Å². The zero-order valence-corrected chi connectivity index (χ0v) is 16.1. The highest BCUT2D eigenvalue weighted by Crippen LogP contribution is 2.22. The van der Waals surface area contributed by atoms with Crippen LogP contribution in [-0.4, -0.2) is 17.6 Å². The number of hydrogen-bond donors (Lipinski definition) is 0. The van der Waals surface area contributed by atoms with Crippen LogP contribution in [0.25, 0.3) is 11.3 Å². The van der Waals surface area contributed by atoms with Crippen molar-refractivity contribution in [3.05, 3.63) is 69.4 Å². The number of benzene rings is 2. The van der Waals surface area contributed by atoms with Gasteiger partial charge in [-0.15, -0.1) is 4.09 Å². The van der Waals surface area contributed by atoms with Crippen LogP contribution in [0.5, 0.6) is 5.75 Å². The van der Waals surface area contributed by atoms with E-state index >= 15 is 0 Å². The first kappa shape index (κ1) is 17.0. The number of hydrogen-bond acceptors (Lipinski definition) is 4. The van der Waals surface area contributed by atoms with E-state index in [1.54, 1.807) is 37.3 Å². The lowest BCUT2D eigenvalue weighted by Crippen LogP contribution is -2.21. The molecule has 0 saturated heterocycles. The Balaban J connectivity index is 1.93. The van der Waals surface area contributed by atoms with E-state index in [0.29, 0.717) is 11.4 Å². The molecule has 1 aromatic heterocycles. The van der Waals surface area contributed by atoms with Gasteiger partial charge in [-0.25, -0.2) is 0 Å². The van der Waals surface area contributed by atoms with Gasteiger partial charge in [-0.05, 0) is 66.8 Å². The van der Waals surface area contributed by atoms with Crippen molar-refractivity contribution >= 4 is 32.9 Å². The van der Waals surface area contributed by atoms with Gasteiger partial charge in [0.1, 0.15) is 5.75 Å². The maximum absolute atomic E-state index is 12.5. The fourth-order valence-electron chi connectivity index (χ4n) is 2.20. The predicted molar refractivity (Wildman–Crippen MR) is 101 cm³/mol. The van der Waals surface area contributed by atoms with Crippen molar-refractivity contribution in [1.82, 2.24) is 9.19 Å². The number of aryl methyl sites for hydroxylation is 2. The van der Waals surface area contributed by atoms with Crippen molar-refractivity contribution in [2.45, 2.75) is 13.8 Å². The molecule has 0 spiro atoms. The van der Waals surface area contributed by atoms with Crippen molar-refractivity contribution in [2.75, 3.05) is 0 Å². The van der Waals surface area contributed by atoms with Crippen LogP contribution >= 0.6 is 22.6 Å². The molecule has 24 heavy (non-hydrogen) atoms. The molecular formula is C17H15IN2O3S. The van der Waals surface area contributed by atoms with Gasteiger partial charge in [-0.3, -0.25) is 0 Å². The van der Waals surface area contributed by atoms with Crippen LogP contribution in [0.15, 0.2) is 54.6 Å². The highest BCUT2D eigenvalue weighted by molar-refractivity contribution is 14.1. The van der Waals surface area contributed by atoms with Gasteiger partial charge in [-0.2, -0.15) is 13.5 Å². The summed E-state index contributed by atoms with van der Waals surface area (Å²) in [4.78, 5) is 0. The number of rotatable bonds is 4. The zero-order chi connectivity index (χ0) is 17.3. The summed E-state index contributed by atoms with van der Waals surface area (Å²) in [6.45, 7) is 3.67. The second-order valence-corrected chi connectivity index (χ2v) is 7.99. The fourth-order valence-corrected chi connectivity index (χ4v) is 3.58. The topological polar surface area (TPSA) is 61.2 Å². The second-order valence-electron chi connectivity index (χ2n) is 5.37. The average Bonchev–Trinajstić information content (AvgIpc) is 2.93. The Kier molecular flexibility index (Phi) is 4.64. The minimum Gasteiger partial charge on any atom is -0.366 e. The summed E-state index contributed by atoms with van der Waals surface area (Å²) >= 11 is 2.14. The molecule has 0 bridgehead atoms. The lowest BCUT2D eigenvalue weighted by atomic mass is 10.1. The first-order valence-electron chi connectivity index (χ1n) is 7.19. The van der Waals surface area contributed by atoms with E-state index in [0.717, 1.165) is 18.8 Å². The van der Waals surface area contributed by atoms with Crippen molar-refractivity contribution < 1.29 is 12.6 Å². The zero-order valence-electron chi connectivity index (χ0n) is 13.1. The van der Waals surface area contributed by atoms with Crippen molar-refractivity contribution in [3.63, 3.8) is 0 Å². The molecule has 0 aliphatic rings.